The number of hydrogen-bond acceptors (Lipinski definition) is 3. The number of anilines is 1. The van der Waals surface area contributed by atoms with Gasteiger partial charge < -0.3 is 10.2 Å². The van der Waals surface area contributed by atoms with Crippen molar-refractivity contribution in [3.63, 3.8) is 0 Å². The smallest absolute Gasteiger partial charge is 0.0562 e. The summed E-state index contributed by atoms with van der Waals surface area (Å²) in [4.78, 5) is 6.97. The number of aromatic nitrogens is 1. The van der Waals surface area contributed by atoms with E-state index < -0.39 is 0 Å². The van der Waals surface area contributed by atoms with Crippen molar-refractivity contribution >= 4 is 5.69 Å². The molecule has 1 saturated heterocycles. The van der Waals surface area contributed by atoms with E-state index >= 15 is 0 Å². The Balaban J connectivity index is 2.01. The van der Waals surface area contributed by atoms with Crippen molar-refractivity contribution < 1.29 is 0 Å². The maximum absolute atomic E-state index is 4.46. The monoisotopic (exact) mass is 275 g/mol. The van der Waals surface area contributed by atoms with Crippen LogP contribution in [0.25, 0.3) is 0 Å². The Morgan fingerprint density at radius 1 is 1.40 bits per heavy atom. The van der Waals surface area contributed by atoms with Gasteiger partial charge in [-0.15, -0.1) is 0 Å². The molecule has 1 fully saturated rings. The lowest BCUT2D eigenvalue weighted by molar-refractivity contribution is 0.263. The van der Waals surface area contributed by atoms with Crippen molar-refractivity contribution in [2.24, 2.45) is 11.3 Å². The molecule has 3 heteroatoms. The molecule has 1 N–H and O–H groups in total. The molecule has 0 spiro atoms. The molecule has 0 aromatic carbocycles. The Labute approximate surface area is 123 Å². The average molecular weight is 275 g/mol. The molecular weight excluding hydrogens is 246 g/mol. The quantitative estimate of drug-likeness (QED) is 0.912. The largest absolute Gasteiger partial charge is 0.371 e. The van der Waals surface area contributed by atoms with Crippen LogP contribution in [0.4, 0.5) is 5.69 Å². The first-order chi connectivity index (χ1) is 9.36. The fourth-order valence-electron chi connectivity index (χ4n) is 2.77. The first kappa shape index (κ1) is 15.3. The average Bonchev–Trinajstić information content (AvgIpc) is 2.86. The predicted octanol–water partition coefficient (Wildman–Crippen LogP) is 3.45. The molecular formula is C17H29N3. The highest BCUT2D eigenvalue weighted by Crippen LogP contribution is 2.35. The van der Waals surface area contributed by atoms with Crippen molar-refractivity contribution in [2.45, 2.75) is 53.6 Å². The van der Waals surface area contributed by atoms with Crippen molar-refractivity contribution in [3.8, 4) is 0 Å². The summed E-state index contributed by atoms with van der Waals surface area (Å²) in [5.41, 5.74) is 2.87. The zero-order chi connectivity index (χ0) is 14.8. The van der Waals surface area contributed by atoms with Gasteiger partial charge in [0.25, 0.3) is 0 Å². The van der Waals surface area contributed by atoms with E-state index in [0.717, 1.165) is 18.2 Å². The Morgan fingerprint density at radius 3 is 2.75 bits per heavy atom. The van der Waals surface area contributed by atoms with Gasteiger partial charge in [-0.25, -0.2) is 0 Å². The summed E-state index contributed by atoms with van der Waals surface area (Å²) < 4.78 is 0. The second-order valence-electron chi connectivity index (χ2n) is 7.34. The van der Waals surface area contributed by atoms with Gasteiger partial charge >= 0.3 is 0 Å². The molecule has 1 aliphatic rings. The number of nitrogens with one attached hydrogen (secondary N) is 1. The van der Waals surface area contributed by atoms with Crippen LogP contribution >= 0.6 is 0 Å². The topological polar surface area (TPSA) is 28.2 Å². The van der Waals surface area contributed by atoms with Gasteiger partial charge in [0.1, 0.15) is 0 Å². The van der Waals surface area contributed by atoms with Crippen LogP contribution in [0.5, 0.6) is 0 Å². The van der Waals surface area contributed by atoms with E-state index in [4.69, 9.17) is 0 Å². The third kappa shape index (κ3) is 3.95. The molecule has 0 bridgehead atoms. The molecule has 112 valence electrons. The molecule has 0 radical (unpaired) electrons. The molecule has 3 nitrogen and oxygen atoms in total. The summed E-state index contributed by atoms with van der Waals surface area (Å²) in [6, 6.07) is 4.88. The van der Waals surface area contributed by atoms with Gasteiger partial charge in [0.15, 0.2) is 0 Å². The van der Waals surface area contributed by atoms with Crippen molar-refractivity contribution in [1.29, 1.82) is 0 Å². The molecule has 1 atom stereocenters. The minimum atomic E-state index is 0.407. The fourth-order valence-corrected chi connectivity index (χ4v) is 2.77. The first-order valence-corrected chi connectivity index (χ1v) is 7.79. The number of nitrogens with zero attached hydrogens (tertiary/aromatic N) is 2. The molecule has 1 aliphatic heterocycles. The number of hydrogen-bond donors (Lipinski definition) is 1. The lowest BCUT2D eigenvalue weighted by Crippen LogP contribution is -2.26. The Hall–Kier alpha value is -1.09. The third-order valence-corrected chi connectivity index (χ3v) is 4.27. The summed E-state index contributed by atoms with van der Waals surface area (Å²) in [6.45, 7) is 14.6. The van der Waals surface area contributed by atoms with E-state index in [1.807, 2.05) is 6.20 Å². The summed E-state index contributed by atoms with van der Waals surface area (Å²) in [5.74, 6) is 0.785. The van der Waals surface area contributed by atoms with Crippen LogP contribution < -0.4 is 10.2 Å². The van der Waals surface area contributed by atoms with Gasteiger partial charge in [0.2, 0.25) is 0 Å². The maximum atomic E-state index is 4.46. The second-order valence-corrected chi connectivity index (χ2v) is 7.34. The van der Waals surface area contributed by atoms with Crippen LogP contribution in [0.1, 0.15) is 46.7 Å². The van der Waals surface area contributed by atoms with Gasteiger partial charge in [-0.05, 0) is 29.9 Å². The molecule has 1 unspecified atom stereocenters. The Kier molecular flexibility index (Phi) is 4.69. The third-order valence-electron chi connectivity index (χ3n) is 4.27. The molecule has 0 saturated carbocycles. The predicted molar refractivity (Wildman–Crippen MR) is 86.0 cm³/mol. The van der Waals surface area contributed by atoms with E-state index in [2.05, 4.69) is 62.0 Å². The Morgan fingerprint density at radius 2 is 2.15 bits per heavy atom. The summed E-state index contributed by atoms with van der Waals surface area (Å²) in [7, 11) is 0. The minimum absolute atomic E-state index is 0.407. The maximum Gasteiger partial charge on any atom is 0.0562 e. The van der Waals surface area contributed by atoms with E-state index in [9.17, 15) is 0 Å². The number of pyridine rings is 1. The van der Waals surface area contributed by atoms with Gasteiger partial charge in [0, 0.05) is 37.6 Å². The van der Waals surface area contributed by atoms with E-state index in [-0.39, 0.29) is 0 Å². The van der Waals surface area contributed by atoms with Gasteiger partial charge in [-0.2, -0.15) is 0 Å². The highest BCUT2D eigenvalue weighted by atomic mass is 15.2. The Bertz CT molecular complexity index is 434. The van der Waals surface area contributed by atoms with Gasteiger partial charge in [-0.3, -0.25) is 4.98 Å². The number of rotatable bonds is 4. The normalized spacial score (nSPS) is 19.9. The zero-order valence-corrected chi connectivity index (χ0v) is 13.6. The van der Waals surface area contributed by atoms with Crippen molar-refractivity contribution in [1.82, 2.24) is 10.3 Å². The molecule has 1 aromatic heterocycles. The van der Waals surface area contributed by atoms with Crippen LogP contribution in [0.15, 0.2) is 18.3 Å². The standard InChI is InChI=1S/C17H29N3/c1-13(2)19-11-15-10-16(6-8-18-15)20-9-7-14(12-20)17(3,4)5/h6,8,10,13-14,19H,7,9,11-12H2,1-5H3. The minimum Gasteiger partial charge on any atom is -0.371 e. The van der Waals surface area contributed by atoms with E-state index in [1.165, 1.54) is 25.2 Å². The molecule has 2 rings (SSSR count). The molecule has 0 amide bonds. The van der Waals surface area contributed by atoms with Crippen LogP contribution in [0.3, 0.4) is 0 Å². The highest BCUT2D eigenvalue weighted by molar-refractivity contribution is 5.47. The van der Waals surface area contributed by atoms with Crippen LogP contribution in [0, 0.1) is 11.3 Å². The van der Waals surface area contributed by atoms with E-state index in [0.29, 0.717) is 11.5 Å². The highest BCUT2D eigenvalue weighted by Gasteiger charge is 2.31. The molecule has 1 aromatic rings. The summed E-state index contributed by atoms with van der Waals surface area (Å²) in [6.07, 6.45) is 3.24. The zero-order valence-electron chi connectivity index (χ0n) is 13.6. The lowest BCUT2D eigenvalue weighted by atomic mass is 9.80. The lowest BCUT2D eigenvalue weighted by Gasteiger charge is -2.27. The SMILES string of the molecule is CC(C)NCc1cc(N2CCC(C(C)(C)C)C2)ccn1. The van der Waals surface area contributed by atoms with Gasteiger partial charge in [0.05, 0.1) is 5.69 Å². The molecule has 0 aliphatic carbocycles. The molecule has 20 heavy (non-hydrogen) atoms. The van der Waals surface area contributed by atoms with E-state index in [1.54, 1.807) is 0 Å². The second kappa shape index (κ2) is 6.13. The van der Waals surface area contributed by atoms with Crippen LogP contribution in [0.2, 0.25) is 0 Å². The van der Waals surface area contributed by atoms with Crippen LogP contribution in [-0.4, -0.2) is 24.1 Å². The van der Waals surface area contributed by atoms with Crippen LogP contribution in [-0.2, 0) is 6.54 Å². The fraction of sp³-hybridized carbons (Fsp3) is 0.706. The summed E-state index contributed by atoms with van der Waals surface area (Å²) >= 11 is 0. The van der Waals surface area contributed by atoms with Gasteiger partial charge in [-0.1, -0.05) is 34.6 Å². The first-order valence-electron chi connectivity index (χ1n) is 7.79. The van der Waals surface area contributed by atoms with Crippen molar-refractivity contribution in [2.75, 3.05) is 18.0 Å². The summed E-state index contributed by atoms with van der Waals surface area (Å²) in [5, 5.41) is 3.43. The molecule has 2 heterocycles. The van der Waals surface area contributed by atoms with Crippen molar-refractivity contribution in [3.05, 3.63) is 24.0 Å².